The van der Waals surface area contributed by atoms with E-state index in [0.29, 0.717) is 24.3 Å². The third-order valence-corrected chi connectivity index (χ3v) is 6.16. The standard InChI is InChI=1S/C26H34F2N6O/c1-5-11-33(12-8-17(3)6-2)23-7-10-31-25-19(23)9-13-34(25)26(35)32-22-14-18(16-30-4)21(29)15-20(22)24(27)28/h7,10,14-16,24H,3,5-6,8-9,11-13,29H2,1-2,4H3,(H,32,35). The monoisotopic (exact) mass is 484 g/mol. The summed E-state index contributed by atoms with van der Waals surface area (Å²) in [6.45, 7) is 10.5. The lowest BCUT2D eigenvalue weighted by Gasteiger charge is -2.27. The summed E-state index contributed by atoms with van der Waals surface area (Å²) >= 11 is 0. The smallest absolute Gasteiger partial charge is 0.327 e. The van der Waals surface area contributed by atoms with E-state index < -0.39 is 12.5 Å². The van der Waals surface area contributed by atoms with Gasteiger partial charge in [-0.1, -0.05) is 26.0 Å². The fraction of sp³-hybridized carbons (Fsp3) is 0.423. The molecule has 2 amide bonds. The minimum Gasteiger partial charge on any atom is -0.398 e. The first-order chi connectivity index (χ1) is 16.8. The number of hydrogen-bond donors (Lipinski definition) is 2. The Balaban J connectivity index is 1.88. The fourth-order valence-electron chi connectivity index (χ4n) is 4.23. The topological polar surface area (TPSA) is 86.9 Å². The number of urea groups is 1. The van der Waals surface area contributed by atoms with Gasteiger partial charge in [0, 0.05) is 67.2 Å². The Kier molecular flexibility index (Phi) is 8.78. The largest absolute Gasteiger partial charge is 0.398 e. The van der Waals surface area contributed by atoms with E-state index in [2.05, 4.69) is 40.6 Å². The SMILES string of the molecule is C=C(CC)CCN(CCC)c1ccnc2c1CCN2C(=O)Nc1cc(C=NC)c(N)cc1C(F)F. The number of carbonyl (C=O) groups excluding carboxylic acids is 1. The summed E-state index contributed by atoms with van der Waals surface area (Å²) < 4.78 is 27.4. The number of halogens is 2. The number of benzene rings is 1. The Morgan fingerprint density at radius 3 is 2.80 bits per heavy atom. The highest BCUT2D eigenvalue weighted by Gasteiger charge is 2.30. The molecule has 0 fully saturated rings. The van der Waals surface area contributed by atoms with Gasteiger partial charge in [0.2, 0.25) is 0 Å². The molecule has 1 aliphatic rings. The average Bonchev–Trinajstić information content (AvgIpc) is 3.28. The van der Waals surface area contributed by atoms with Gasteiger partial charge >= 0.3 is 6.03 Å². The van der Waals surface area contributed by atoms with Gasteiger partial charge in [-0.05, 0) is 43.9 Å². The van der Waals surface area contributed by atoms with Crippen LogP contribution in [0.3, 0.4) is 0 Å². The van der Waals surface area contributed by atoms with Crippen molar-refractivity contribution < 1.29 is 13.6 Å². The minimum atomic E-state index is -2.80. The molecule has 0 atom stereocenters. The Labute approximate surface area is 205 Å². The van der Waals surface area contributed by atoms with Crippen LogP contribution in [0.2, 0.25) is 0 Å². The van der Waals surface area contributed by atoms with Crippen LogP contribution in [0.4, 0.5) is 36.5 Å². The normalized spacial score (nSPS) is 12.9. The number of nitrogens with two attached hydrogens (primary N) is 1. The number of rotatable bonds is 10. The minimum absolute atomic E-state index is 0.00407. The maximum atomic E-state index is 13.7. The molecule has 2 aromatic rings. The van der Waals surface area contributed by atoms with Crippen LogP contribution in [-0.2, 0) is 6.42 Å². The van der Waals surface area contributed by atoms with E-state index in [9.17, 15) is 13.6 Å². The fourth-order valence-corrected chi connectivity index (χ4v) is 4.23. The number of anilines is 4. The Morgan fingerprint density at radius 1 is 1.37 bits per heavy atom. The number of fused-ring (bicyclic) bond motifs is 1. The molecule has 9 heteroatoms. The summed E-state index contributed by atoms with van der Waals surface area (Å²) in [5.41, 5.74) is 9.42. The lowest BCUT2D eigenvalue weighted by atomic mass is 10.1. The average molecular weight is 485 g/mol. The molecule has 0 aliphatic carbocycles. The molecule has 3 rings (SSSR count). The first kappa shape index (κ1) is 26.1. The zero-order chi connectivity index (χ0) is 25.5. The van der Waals surface area contributed by atoms with Crippen molar-refractivity contribution in [1.82, 2.24) is 4.98 Å². The highest BCUT2D eigenvalue weighted by molar-refractivity contribution is 6.04. The van der Waals surface area contributed by atoms with Crippen molar-refractivity contribution in [1.29, 1.82) is 0 Å². The summed E-state index contributed by atoms with van der Waals surface area (Å²) in [6.07, 6.45) is 3.83. The Morgan fingerprint density at radius 2 is 2.14 bits per heavy atom. The second kappa shape index (κ2) is 11.8. The van der Waals surface area contributed by atoms with E-state index >= 15 is 0 Å². The van der Waals surface area contributed by atoms with Crippen molar-refractivity contribution >= 4 is 35.1 Å². The number of nitrogen functional groups attached to an aromatic ring is 1. The zero-order valence-corrected chi connectivity index (χ0v) is 20.7. The molecule has 7 nitrogen and oxygen atoms in total. The van der Waals surface area contributed by atoms with Gasteiger partial charge in [-0.25, -0.2) is 18.6 Å². The molecular weight excluding hydrogens is 450 g/mol. The number of hydrogen-bond acceptors (Lipinski definition) is 5. The van der Waals surface area contributed by atoms with Crippen LogP contribution in [0.25, 0.3) is 0 Å². The summed E-state index contributed by atoms with van der Waals surface area (Å²) in [4.78, 5) is 25.4. The van der Waals surface area contributed by atoms with Crippen molar-refractivity contribution in [2.75, 3.05) is 47.5 Å². The van der Waals surface area contributed by atoms with Crippen LogP contribution < -0.4 is 20.9 Å². The van der Waals surface area contributed by atoms with Crippen molar-refractivity contribution in [2.45, 2.75) is 46.0 Å². The van der Waals surface area contributed by atoms with Crippen molar-refractivity contribution in [3.8, 4) is 0 Å². The molecule has 188 valence electrons. The molecular formula is C26H34F2N6O. The summed E-state index contributed by atoms with van der Waals surface area (Å²) in [5, 5.41) is 2.65. The first-order valence-corrected chi connectivity index (χ1v) is 11.9. The van der Waals surface area contributed by atoms with Gasteiger partial charge in [-0.3, -0.25) is 9.89 Å². The van der Waals surface area contributed by atoms with Crippen molar-refractivity contribution in [2.24, 2.45) is 4.99 Å². The van der Waals surface area contributed by atoms with Crippen LogP contribution in [0, 0.1) is 0 Å². The molecule has 0 bridgehead atoms. The van der Waals surface area contributed by atoms with Crippen molar-refractivity contribution in [3.63, 3.8) is 0 Å². The molecule has 1 aliphatic heterocycles. The molecule has 3 N–H and O–H groups in total. The summed E-state index contributed by atoms with van der Waals surface area (Å²) in [5.74, 6) is 0.555. The molecule has 1 aromatic heterocycles. The van der Waals surface area contributed by atoms with E-state index in [1.54, 1.807) is 13.2 Å². The molecule has 0 spiro atoms. The predicted molar refractivity (Wildman–Crippen MR) is 140 cm³/mol. The number of pyridine rings is 1. The maximum Gasteiger partial charge on any atom is 0.327 e. The van der Waals surface area contributed by atoms with Gasteiger partial charge < -0.3 is 16.0 Å². The van der Waals surface area contributed by atoms with E-state index in [1.165, 1.54) is 28.8 Å². The number of aliphatic imine (C=N–C) groups is 1. The van der Waals surface area contributed by atoms with Gasteiger partial charge in [0.1, 0.15) is 5.82 Å². The molecule has 0 saturated carbocycles. The molecule has 1 aromatic carbocycles. The maximum absolute atomic E-state index is 13.7. The van der Waals surface area contributed by atoms with Crippen LogP contribution in [-0.4, -0.2) is 43.9 Å². The molecule has 35 heavy (non-hydrogen) atoms. The van der Waals surface area contributed by atoms with Crippen LogP contribution in [0.15, 0.2) is 41.5 Å². The van der Waals surface area contributed by atoms with Crippen LogP contribution >= 0.6 is 0 Å². The van der Waals surface area contributed by atoms with E-state index in [4.69, 9.17) is 5.73 Å². The summed E-state index contributed by atoms with van der Waals surface area (Å²) in [7, 11) is 1.56. The highest BCUT2D eigenvalue weighted by Crippen LogP contribution is 2.36. The molecule has 0 unspecified atom stereocenters. The van der Waals surface area contributed by atoms with Gasteiger partial charge in [0.15, 0.2) is 0 Å². The zero-order valence-electron chi connectivity index (χ0n) is 20.7. The lowest BCUT2D eigenvalue weighted by molar-refractivity contribution is 0.152. The second-order valence-electron chi connectivity index (χ2n) is 8.56. The van der Waals surface area contributed by atoms with E-state index in [1.807, 2.05) is 6.07 Å². The number of alkyl halides is 2. The summed E-state index contributed by atoms with van der Waals surface area (Å²) in [6, 6.07) is 4.07. The second-order valence-corrected chi connectivity index (χ2v) is 8.56. The van der Waals surface area contributed by atoms with Gasteiger partial charge in [0.25, 0.3) is 6.43 Å². The van der Waals surface area contributed by atoms with Gasteiger partial charge in [-0.15, -0.1) is 0 Å². The van der Waals surface area contributed by atoms with E-state index in [0.717, 1.165) is 43.6 Å². The lowest BCUT2D eigenvalue weighted by Crippen LogP contribution is -2.34. The third kappa shape index (κ3) is 5.96. The quantitative estimate of drug-likeness (QED) is 0.253. The van der Waals surface area contributed by atoms with Crippen molar-refractivity contribution in [3.05, 3.63) is 53.2 Å². The third-order valence-electron chi connectivity index (χ3n) is 6.16. The number of nitrogens with zero attached hydrogens (tertiary/aromatic N) is 4. The highest BCUT2D eigenvalue weighted by atomic mass is 19.3. The number of carbonyl (C=O) groups is 1. The number of amides is 2. The molecule has 2 heterocycles. The van der Waals surface area contributed by atoms with Crippen LogP contribution in [0.1, 0.15) is 56.2 Å². The van der Waals surface area contributed by atoms with Gasteiger partial charge in [0.05, 0.1) is 5.69 Å². The first-order valence-electron chi connectivity index (χ1n) is 11.9. The molecule has 0 radical (unpaired) electrons. The predicted octanol–water partition coefficient (Wildman–Crippen LogP) is 5.82. The Hall–Kier alpha value is -3.49. The molecule has 0 saturated heterocycles. The van der Waals surface area contributed by atoms with E-state index in [-0.39, 0.29) is 16.9 Å². The number of nitrogens with one attached hydrogen (secondary N) is 1. The van der Waals surface area contributed by atoms with Crippen LogP contribution in [0.5, 0.6) is 0 Å². The Bertz CT molecular complexity index is 1100. The van der Waals surface area contributed by atoms with Gasteiger partial charge in [-0.2, -0.15) is 0 Å². The number of aromatic nitrogens is 1.